The van der Waals surface area contributed by atoms with Gasteiger partial charge in [-0.25, -0.2) is 0 Å². The highest BCUT2D eigenvalue weighted by molar-refractivity contribution is 5.92. The van der Waals surface area contributed by atoms with Crippen LogP contribution in [0.15, 0.2) is 23.0 Å². The summed E-state index contributed by atoms with van der Waals surface area (Å²) in [5.41, 5.74) is -1.05. The maximum absolute atomic E-state index is 11.8. The molecular weight excluding hydrogens is 236 g/mol. The van der Waals surface area contributed by atoms with E-state index in [2.05, 4.69) is 10.3 Å². The zero-order chi connectivity index (χ0) is 13.0. The van der Waals surface area contributed by atoms with Crippen LogP contribution in [-0.2, 0) is 4.74 Å². The van der Waals surface area contributed by atoms with Gasteiger partial charge in [-0.15, -0.1) is 0 Å². The molecule has 6 nitrogen and oxygen atoms in total. The first-order chi connectivity index (χ1) is 8.59. The van der Waals surface area contributed by atoms with Gasteiger partial charge in [-0.1, -0.05) is 6.07 Å². The standard InChI is InChI=1S/C12H16N2O4/c15-10-3-1-2-9(14-10)11(16)13-8-12(17)4-6-18-7-5-12/h1-3,17H,4-8H2,(H,13,16)(H,14,15). The molecule has 3 N–H and O–H groups in total. The van der Waals surface area contributed by atoms with Crippen LogP contribution in [0, 0.1) is 0 Å². The summed E-state index contributed by atoms with van der Waals surface area (Å²) >= 11 is 0. The van der Waals surface area contributed by atoms with Gasteiger partial charge in [-0.2, -0.15) is 0 Å². The Kier molecular flexibility index (Phi) is 3.78. The minimum Gasteiger partial charge on any atom is -0.388 e. The minimum absolute atomic E-state index is 0.159. The molecule has 98 valence electrons. The summed E-state index contributed by atoms with van der Waals surface area (Å²) in [4.78, 5) is 25.3. The van der Waals surface area contributed by atoms with Crippen LogP contribution in [0.4, 0.5) is 0 Å². The minimum atomic E-state index is -0.914. The molecular formula is C12H16N2O4. The number of pyridine rings is 1. The van der Waals surface area contributed by atoms with E-state index in [1.54, 1.807) is 0 Å². The quantitative estimate of drug-likeness (QED) is 0.685. The van der Waals surface area contributed by atoms with E-state index < -0.39 is 11.5 Å². The fraction of sp³-hybridized carbons (Fsp3) is 0.500. The predicted octanol–water partition coefficient (Wildman–Crippen LogP) is -0.354. The average Bonchev–Trinajstić information content (AvgIpc) is 2.37. The third-order valence-corrected chi connectivity index (χ3v) is 3.01. The van der Waals surface area contributed by atoms with Gasteiger partial charge in [0.05, 0.1) is 5.60 Å². The Morgan fingerprint density at radius 1 is 1.44 bits per heavy atom. The van der Waals surface area contributed by atoms with Gasteiger partial charge in [0.1, 0.15) is 5.69 Å². The van der Waals surface area contributed by atoms with Crippen molar-refractivity contribution in [2.45, 2.75) is 18.4 Å². The van der Waals surface area contributed by atoms with Crippen LogP contribution in [0.25, 0.3) is 0 Å². The number of aromatic amines is 1. The highest BCUT2D eigenvalue weighted by atomic mass is 16.5. The summed E-state index contributed by atoms with van der Waals surface area (Å²) in [5.74, 6) is -0.396. The van der Waals surface area contributed by atoms with Crippen molar-refractivity contribution in [3.63, 3.8) is 0 Å². The number of hydrogen-bond donors (Lipinski definition) is 3. The van der Waals surface area contributed by atoms with Crippen LogP contribution in [0.5, 0.6) is 0 Å². The van der Waals surface area contributed by atoms with Crippen molar-refractivity contribution in [2.24, 2.45) is 0 Å². The van der Waals surface area contributed by atoms with Crippen LogP contribution < -0.4 is 10.9 Å². The van der Waals surface area contributed by atoms with Gasteiger partial charge < -0.3 is 20.1 Å². The summed E-state index contributed by atoms with van der Waals surface area (Å²) in [7, 11) is 0. The summed E-state index contributed by atoms with van der Waals surface area (Å²) in [6.45, 7) is 1.15. The molecule has 2 rings (SSSR count). The lowest BCUT2D eigenvalue weighted by Gasteiger charge is -2.31. The number of hydrogen-bond acceptors (Lipinski definition) is 4. The third kappa shape index (κ3) is 3.18. The Hall–Kier alpha value is -1.66. The Balaban J connectivity index is 1.94. The molecule has 1 saturated heterocycles. The first-order valence-electron chi connectivity index (χ1n) is 5.87. The Bertz CT molecular complexity index is 477. The summed E-state index contributed by atoms with van der Waals surface area (Å²) in [6.07, 6.45) is 0.997. The first-order valence-corrected chi connectivity index (χ1v) is 5.87. The zero-order valence-corrected chi connectivity index (χ0v) is 9.94. The van der Waals surface area contributed by atoms with Crippen molar-refractivity contribution in [3.8, 4) is 0 Å². The van der Waals surface area contributed by atoms with Gasteiger partial charge in [0.2, 0.25) is 5.56 Å². The smallest absolute Gasteiger partial charge is 0.267 e. The second kappa shape index (κ2) is 5.32. The molecule has 1 aromatic rings. The number of carbonyl (C=O) groups excluding carboxylic acids is 1. The van der Waals surface area contributed by atoms with Gasteiger partial charge >= 0.3 is 0 Å². The van der Waals surface area contributed by atoms with Gasteiger partial charge in [0.15, 0.2) is 0 Å². The van der Waals surface area contributed by atoms with Gasteiger partial charge in [0, 0.05) is 38.7 Å². The Morgan fingerprint density at radius 2 is 2.17 bits per heavy atom. The monoisotopic (exact) mass is 252 g/mol. The highest BCUT2D eigenvalue weighted by Gasteiger charge is 2.30. The lowest BCUT2D eigenvalue weighted by molar-refractivity contribution is -0.0605. The molecule has 6 heteroatoms. The molecule has 0 bridgehead atoms. The number of amides is 1. The van der Waals surface area contributed by atoms with E-state index >= 15 is 0 Å². The van der Waals surface area contributed by atoms with Gasteiger partial charge in [-0.05, 0) is 6.07 Å². The maximum atomic E-state index is 11.8. The van der Waals surface area contributed by atoms with E-state index in [0.717, 1.165) is 0 Å². The van der Waals surface area contributed by atoms with E-state index in [0.29, 0.717) is 26.1 Å². The number of H-pyrrole nitrogens is 1. The number of aliphatic hydroxyl groups is 1. The third-order valence-electron chi connectivity index (χ3n) is 3.01. The van der Waals surface area contributed by atoms with Crippen molar-refractivity contribution in [3.05, 3.63) is 34.2 Å². The van der Waals surface area contributed by atoms with Crippen molar-refractivity contribution < 1.29 is 14.6 Å². The summed E-state index contributed by atoms with van der Waals surface area (Å²) < 4.78 is 5.15. The van der Waals surface area contributed by atoms with Crippen molar-refractivity contribution in [1.29, 1.82) is 0 Å². The van der Waals surface area contributed by atoms with E-state index in [1.807, 2.05) is 0 Å². The fourth-order valence-electron chi connectivity index (χ4n) is 1.85. The molecule has 0 unspecified atom stereocenters. The molecule has 0 saturated carbocycles. The van der Waals surface area contributed by atoms with Gasteiger partial charge in [0.25, 0.3) is 5.91 Å². The van der Waals surface area contributed by atoms with Gasteiger partial charge in [-0.3, -0.25) is 9.59 Å². The normalized spacial score (nSPS) is 18.3. The number of nitrogens with one attached hydrogen (secondary N) is 2. The van der Waals surface area contributed by atoms with E-state index in [-0.39, 0.29) is 17.8 Å². The van der Waals surface area contributed by atoms with E-state index in [1.165, 1.54) is 18.2 Å². The largest absolute Gasteiger partial charge is 0.388 e. The molecule has 1 aliphatic rings. The molecule has 18 heavy (non-hydrogen) atoms. The molecule has 1 fully saturated rings. The van der Waals surface area contributed by atoms with E-state index in [9.17, 15) is 14.7 Å². The van der Waals surface area contributed by atoms with E-state index in [4.69, 9.17) is 4.74 Å². The number of ether oxygens (including phenoxy) is 1. The molecule has 1 amide bonds. The second-order valence-corrected chi connectivity index (χ2v) is 4.45. The number of carbonyl (C=O) groups is 1. The first kappa shape index (κ1) is 12.8. The molecule has 0 spiro atoms. The van der Waals surface area contributed by atoms with Crippen LogP contribution in [0.3, 0.4) is 0 Å². The number of rotatable bonds is 3. The zero-order valence-electron chi connectivity index (χ0n) is 9.94. The van der Waals surface area contributed by atoms with Crippen LogP contribution in [-0.4, -0.2) is 41.4 Å². The predicted molar refractivity (Wildman–Crippen MR) is 64.4 cm³/mol. The Morgan fingerprint density at radius 3 is 2.83 bits per heavy atom. The summed E-state index contributed by atoms with van der Waals surface area (Å²) in [6, 6.07) is 4.37. The van der Waals surface area contributed by atoms with Crippen molar-refractivity contribution in [1.82, 2.24) is 10.3 Å². The SMILES string of the molecule is O=C(NCC1(O)CCOCC1)c1cccc(=O)[nH]1. The molecule has 0 radical (unpaired) electrons. The van der Waals surface area contributed by atoms with Crippen LogP contribution >= 0.6 is 0 Å². The second-order valence-electron chi connectivity index (χ2n) is 4.45. The molecule has 2 heterocycles. The lowest BCUT2D eigenvalue weighted by atomic mass is 9.94. The van der Waals surface area contributed by atoms with Crippen LogP contribution in [0.2, 0.25) is 0 Å². The topological polar surface area (TPSA) is 91.4 Å². The fourth-order valence-corrected chi connectivity index (χ4v) is 1.85. The van der Waals surface area contributed by atoms with Crippen molar-refractivity contribution >= 4 is 5.91 Å². The van der Waals surface area contributed by atoms with Crippen molar-refractivity contribution in [2.75, 3.05) is 19.8 Å². The highest BCUT2D eigenvalue weighted by Crippen LogP contribution is 2.19. The molecule has 0 aromatic carbocycles. The number of aromatic nitrogens is 1. The Labute approximate surface area is 104 Å². The molecule has 1 aromatic heterocycles. The van der Waals surface area contributed by atoms with Crippen LogP contribution in [0.1, 0.15) is 23.3 Å². The summed E-state index contributed by atoms with van der Waals surface area (Å²) in [5, 5.41) is 12.8. The molecule has 1 aliphatic heterocycles. The molecule has 0 atom stereocenters. The molecule has 0 aliphatic carbocycles. The lowest BCUT2D eigenvalue weighted by Crippen LogP contribution is -2.46. The average molecular weight is 252 g/mol. The maximum Gasteiger partial charge on any atom is 0.267 e.